The van der Waals surface area contributed by atoms with E-state index < -0.39 is 11.7 Å². The lowest BCUT2D eigenvalue weighted by Crippen LogP contribution is -2.27. The molecule has 5 N–H and O–H groups in total. The smallest absolute Gasteiger partial charge is 0.412 e. The van der Waals surface area contributed by atoms with E-state index in [1.54, 1.807) is 32.9 Å². The molecule has 0 aliphatic rings. The molecule has 1 aromatic rings. The average molecular weight is 253 g/mol. The minimum atomic E-state index is -0.553. The summed E-state index contributed by atoms with van der Waals surface area (Å²) in [6, 6.07) is 4.69. The summed E-state index contributed by atoms with van der Waals surface area (Å²) in [6.07, 6.45) is -0.542. The highest BCUT2D eigenvalue weighted by Gasteiger charge is 2.16. The Bertz CT molecular complexity index is 427. The molecule has 0 radical (unpaired) electrons. The Morgan fingerprint density at radius 3 is 2.67 bits per heavy atom. The minimum Gasteiger partial charge on any atom is -0.508 e. The Labute approximate surface area is 106 Å². The standard InChI is InChI=1S/C12H19N3O3/c1-12(2,3)18-11(17)15-9-4-5-10(16)8(6-9)7-14-13/h4-6,14,16H,7,13H2,1-3H3,(H,15,17). The zero-order chi connectivity index (χ0) is 13.8. The number of ether oxygens (including phenoxy) is 1. The Hall–Kier alpha value is -1.79. The largest absolute Gasteiger partial charge is 0.508 e. The topological polar surface area (TPSA) is 96.6 Å². The van der Waals surface area contributed by atoms with Crippen LogP contribution < -0.4 is 16.6 Å². The quantitative estimate of drug-likeness (QED) is 0.373. The molecule has 0 saturated carbocycles. The van der Waals surface area contributed by atoms with Crippen LogP contribution in [0.2, 0.25) is 0 Å². The second-order valence-electron chi connectivity index (χ2n) is 4.85. The van der Waals surface area contributed by atoms with Gasteiger partial charge in [-0.05, 0) is 39.0 Å². The molecular formula is C12H19N3O3. The van der Waals surface area contributed by atoms with Gasteiger partial charge in [0.05, 0.1) is 0 Å². The molecular weight excluding hydrogens is 234 g/mol. The van der Waals surface area contributed by atoms with Crippen molar-refractivity contribution in [3.8, 4) is 5.75 Å². The van der Waals surface area contributed by atoms with Crippen molar-refractivity contribution in [1.29, 1.82) is 0 Å². The Morgan fingerprint density at radius 2 is 2.11 bits per heavy atom. The van der Waals surface area contributed by atoms with Crippen molar-refractivity contribution in [2.45, 2.75) is 32.9 Å². The first-order valence-electron chi connectivity index (χ1n) is 5.57. The van der Waals surface area contributed by atoms with Gasteiger partial charge in [-0.3, -0.25) is 16.6 Å². The molecule has 6 nitrogen and oxygen atoms in total. The maximum atomic E-state index is 11.5. The third kappa shape index (κ3) is 4.60. The summed E-state index contributed by atoms with van der Waals surface area (Å²) in [5.41, 5.74) is 3.01. The van der Waals surface area contributed by atoms with Crippen molar-refractivity contribution >= 4 is 11.8 Å². The number of rotatable bonds is 3. The number of nitrogens with one attached hydrogen (secondary N) is 2. The lowest BCUT2D eigenvalue weighted by Gasteiger charge is -2.19. The first kappa shape index (κ1) is 14.3. The van der Waals surface area contributed by atoms with Crippen LogP contribution in [-0.4, -0.2) is 16.8 Å². The fourth-order valence-electron chi connectivity index (χ4n) is 1.34. The van der Waals surface area contributed by atoms with Crippen LogP contribution in [0, 0.1) is 0 Å². The highest BCUT2D eigenvalue weighted by molar-refractivity contribution is 5.85. The first-order valence-corrected chi connectivity index (χ1v) is 5.57. The molecule has 1 amide bonds. The summed E-state index contributed by atoms with van der Waals surface area (Å²) in [5.74, 6) is 5.30. The van der Waals surface area contributed by atoms with Gasteiger partial charge in [-0.2, -0.15) is 0 Å². The molecule has 0 aliphatic heterocycles. The number of hydrogen-bond acceptors (Lipinski definition) is 5. The average Bonchev–Trinajstić information content (AvgIpc) is 2.20. The van der Waals surface area contributed by atoms with Gasteiger partial charge in [0.15, 0.2) is 0 Å². The molecule has 0 heterocycles. The van der Waals surface area contributed by atoms with Crippen LogP contribution >= 0.6 is 0 Å². The maximum Gasteiger partial charge on any atom is 0.412 e. The molecule has 0 unspecified atom stereocenters. The number of aromatic hydroxyl groups is 1. The van der Waals surface area contributed by atoms with Crippen LogP contribution in [0.3, 0.4) is 0 Å². The molecule has 0 aliphatic carbocycles. The van der Waals surface area contributed by atoms with Gasteiger partial charge in [-0.15, -0.1) is 0 Å². The predicted octanol–water partition coefficient (Wildman–Crippen LogP) is 1.70. The number of phenols is 1. The molecule has 0 spiro atoms. The number of phenolic OH excluding ortho intramolecular Hbond substituents is 1. The highest BCUT2D eigenvalue weighted by atomic mass is 16.6. The van der Waals surface area contributed by atoms with Gasteiger partial charge in [0.2, 0.25) is 0 Å². The number of nitrogens with two attached hydrogens (primary N) is 1. The lowest BCUT2D eigenvalue weighted by molar-refractivity contribution is 0.0636. The third-order valence-electron chi connectivity index (χ3n) is 2.02. The molecule has 1 rings (SSSR count). The van der Waals surface area contributed by atoms with E-state index in [1.165, 1.54) is 6.07 Å². The minimum absolute atomic E-state index is 0.114. The zero-order valence-corrected chi connectivity index (χ0v) is 10.8. The van der Waals surface area contributed by atoms with Crippen molar-refractivity contribution in [1.82, 2.24) is 5.43 Å². The van der Waals surface area contributed by atoms with Crippen LogP contribution in [0.4, 0.5) is 10.5 Å². The second kappa shape index (κ2) is 5.70. The molecule has 0 atom stereocenters. The van der Waals surface area contributed by atoms with Crippen LogP contribution in [0.5, 0.6) is 5.75 Å². The van der Waals surface area contributed by atoms with Crippen LogP contribution in [-0.2, 0) is 11.3 Å². The SMILES string of the molecule is CC(C)(C)OC(=O)Nc1ccc(O)c(CNN)c1. The molecule has 0 bridgehead atoms. The number of benzene rings is 1. The predicted molar refractivity (Wildman–Crippen MR) is 69.0 cm³/mol. The zero-order valence-electron chi connectivity index (χ0n) is 10.8. The van der Waals surface area contributed by atoms with E-state index in [1.807, 2.05) is 0 Å². The van der Waals surface area contributed by atoms with Gasteiger partial charge in [0.25, 0.3) is 0 Å². The number of amides is 1. The molecule has 0 aromatic heterocycles. The van der Waals surface area contributed by atoms with E-state index in [0.29, 0.717) is 17.8 Å². The lowest BCUT2D eigenvalue weighted by atomic mass is 10.2. The third-order valence-corrected chi connectivity index (χ3v) is 2.02. The molecule has 0 saturated heterocycles. The van der Waals surface area contributed by atoms with E-state index in [4.69, 9.17) is 10.6 Å². The van der Waals surface area contributed by atoms with Gasteiger partial charge in [-0.25, -0.2) is 4.79 Å². The maximum absolute atomic E-state index is 11.5. The summed E-state index contributed by atoms with van der Waals surface area (Å²) in [4.78, 5) is 11.5. The van der Waals surface area contributed by atoms with E-state index >= 15 is 0 Å². The van der Waals surface area contributed by atoms with Gasteiger partial charge in [0, 0.05) is 17.8 Å². The fourth-order valence-corrected chi connectivity index (χ4v) is 1.34. The normalized spacial score (nSPS) is 11.1. The number of carbonyl (C=O) groups is 1. The molecule has 0 fully saturated rings. The molecule has 18 heavy (non-hydrogen) atoms. The molecule has 1 aromatic carbocycles. The van der Waals surface area contributed by atoms with Gasteiger partial charge >= 0.3 is 6.09 Å². The monoisotopic (exact) mass is 253 g/mol. The fraction of sp³-hybridized carbons (Fsp3) is 0.417. The number of hydrogen-bond donors (Lipinski definition) is 4. The van der Waals surface area contributed by atoms with Crippen molar-refractivity contribution in [2.75, 3.05) is 5.32 Å². The summed E-state index contributed by atoms with van der Waals surface area (Å²) in [7, 11) is 0. The highest BCUT2D eigenvalue weighted by Crippen LogP contribution is 2.21. The molecule has 6 heteroatoms. The van der Waals surface area contributed by atoms with Crippen molar-refractivity contribution in [3.05, 3.63) is 23.8 Å². The van der Waals surface area contributed by atoms with Crippen molar-refractivity contribution < 1.29 is 14.6 Å². The summed E-state index contributed by atoms with van der Waals surface area (Å²) in [5, 5.41) is 12.1. The van der Waals surface area contributed by atoms with Crippen LogP contribution in [0.15, 0.2) is 18.2 Å². The van der Waals surface area contributed by atoms with E-state index in [2.05, 4.69) is 10.7 Å². The Balaban J connectivity index is 2.73. The second-order valence-corrected chi connectivity index (χ2v) is 4.85. The summed E-state index contributed by atoms with van der Waals surface area (Å²) in [6.45, 7) is 5.66. The Morgan fingerprint density at radius 1 is 1.44 bits per heavy atom. The summed E-state index contributed by atoms with van der Waals surface area (Å²) < 4.78 is 5.12. The summed E-state index contributed by atoms with van der Waals surface area (Å²) >= 11 is 0. The van der Waals surface area contributed by atoms with Crippen LogP contribution in [0.25, 0.3) is 0 Å². The van der Waals surface area contributed by atoms with Crippen molar-refractivity contribution in [3.63, 3.8) is 0 Å². The first-order chi connectivity index (χ1) is 8.31. The molecule has 100 valence electrons. The van der Waals surface area contributed by atoms with Gasteiger partial charge in [0.1, 0.15) is 11.4 Å². The van der Waals surface area contributed by atoms with E-state index in [-0.39, 0.29) is 5.75 Å². The van der Waals surface area contributed by atoms with E-state index in [9.17, 15) is 9.90 Å². The van der Waals surface area contributed by atoms with Gasteiger partial charge < -0.3 is 9.84 Å². The number of anilines is 1. The number of carbonyl (C=O) groups excluding carboxylic acids is 1. The van der Waals surface area contributed by atoms with Crippen LogP contribution in [0.1, 0.15) is 26.3 Å². The van der Waals surface area contributed by atoms with Crippen molar-refractivity contribution in [2.24, 2.45) is 5.84 Å². The Kier molecular flexibility index (Phi) is 4.52. The van der Waals surface area contributed by atoms with Gasteiger partial charge in [-0.1, -0.05) is 0 Å². The van der Waals surface area contributed by atoms with E-state index in [0.717, 1.165) is 0 Å². The number of hydrazine groups is 1.